The van der Waals surface area contributed by atoms with Crippen LogP contribution in [0.25, 0.3) is 10.6 Å². The minimum atomic E-state index is -0.265. The molecule has 192 valence electrons. The van der Waals surface area contributed by atoms with E-state index in [9.17, 15) is 0 Å². The van der Waals surface area contributed by atoms with Crippen LogP contribution in [0.15, 0.2) is 65.7 Å². The van der Waals surface area contributed by atoms with Crippen LogP contribution in [0.3, 0.4) is 0 Å². The SMILES string of the molecule is C=CCn1c(SCc2csc(-c3ccc4c(c3)OCO4)n2)nnc1C(C)Oc1ccc(C(C)(C)C)cc1. The van der Waals surface area contributed by atoms with Gasteiger partial charge in [0.25, 0.3) is 0 Å². The van der Waals surface area contributed by atoms with Gasteiger partial charge in [0.05, 0.1) is 5.69 Å². The lowest BCUT2D eigenvalue weighted by Crippen LogP contribution is -2.13. The van der Waals surface area contributed by atoms with E-state index in [4.69, 9.17) is 19.2 Å². The molecule has 7 nitrogen and oxygen atoms in total. The Morgan fingerprint density at radius 3 is 2.68 bits per heavy atom. The second kappa shape index (κ2) is 10.6. The van der Waals surface area contributed by atoms with E-state index in [-0.39, 0.29) is 18.3 Å². The smallest absolute Gasteiger partial charge is 0.231 e. The first kappa shape index (κ1) is 25.4. The zero-order valence-electron chi connectivity index (χ0n) is 21.4. The number of rotatable bonds is 9. The van der Waals surface area contributed by atoms with E-state index < -0.39 is 0 Å². The number of hydrogen-bond acceptors (Lipinski definition) is 8. The number of benzene rings is 2. The van der Waals surface area contributed by atoms with Crippen molar-refractivity contribution in [1.29, 1.82) is 0 Å². The van der Waals surface area contributed by atoms with E-state index in [1.807, 2.05) is 43.3 Å². The Bertz CT molecular complexity index is 1390. The predicted molar refractivity (Wildman–Crippen MR) is 148 cm³/mol. The molecular weight excluding hydrogens is 504 g/mol. The Labute approximate surface area is 225 Å². The molecule has 4 aromatic rings. The average Bonchev–Trinajstić information content (AvgIpc) is 3.62. The number of thioether (sulfide) groups is 1. The van der Waals surface area contributed by atoms with Crippen LogP contribution in [0.1, 0.15) is 50.9 Å². The average molecular weight is 535 g/mol. The summed E-state index contributed by atoms with van der Waals surface area (Å²) in [6, 6.07) is 14.2. The molecule has 1 aliphatic heterocycles. The molecule has 2 aromatic heterocycles. The highest BCUT2D eigenvalue weighted by atomic mass is 32.2. The Kier molecular flexibility index (Phi) is 7.26. The summed E-state index contributed by atoms with van der Waals surface area (Å²) in [7, 11) is 0. The van der Waals surface area contributed by atoms with Crippen molar-refractivity contribution >= 4 is 23.1 Å². The maximum absolute atomic E-state index is 6.22. The van der Waals surface area contributed by atoms with E-state index in [1.54, 1.807) is 23.1 Å². The first-order valence-corrected chi connectivity index (χ1v) is 14.0. The number of fused-ring (bicyclic) bond motifs is 1. The second-order valence-corrected chi connectivity index (χ2v) is 11.6. The Balaban J connectivity index is 1.26. The Morgan fingerprint density at radius 1 is 1.14 bits per heavy atom. The molecule has 0 amide bonds. The quantitative estimate of drug-likeness (QED) is 0.168. The van der Waals surface area contributed by atoms with Crippen molar-refractivity contribution in [3.8, 4) is 27.8 Å². The number of ether oxygens (including phenoxy) is 3. The van der Waals surface area contributed by atoms with E-state index in [0.29, 0.717) is 12.3 Å². The summed E-state index contributed by atoms with van der Waals surface area (Å²) in [5.41, 5.74) is 3.37. The van der Waals surface area contributed by atoms with Crippen LogP contribution in [0, 0.1) is 0 Å². The number of allylic oxidation sites excluding steroid dienone is 1. The highest BCUT2D eigenvalue weighted by molar-refractivity contribution is 7.98. The van der Waals surface area contributed by atoms with Crippen LogP contribution in [-0.2, 0) is 17.7 Å². The lowest BCUT2D eigenvalue weighted by Gasteiger charge is -2.20. The topological polar surface area (TPSA) is 71.3 Å². The van der Waals surface area contributed by atoms with Gasteiger partial charge in [-0.2, -0.15) is 0 Å². The van der Waals surface area contributed by atoms with Gasteiger partial charge >= 0.3 is 0 Å². The van der Waals surface area contributed by atoms with Gasteiger partial charge in [0.15, 0.2) is 28.6 Å². The standard InChI is InChI=1S/C28H30N4O3S2/c1-6-13-32-25(18(2)35-22-10-8-20(9-11-22)28(3,4)5)30-31-27(32)37-16-21-15-36-26(29-21)19-7-12-23-24(14-19)34-17-33-23/h6-12,14-15,18H,1,13,16-17H2,2-5H3. The van der Waals surface area contributed by atoms with E-state index >= 15 is 0 Å². The van der Waals surface area contributed by atoms with Gasteiger partial charge in [0.1, 0.15) is 10.8 Å². The Morgan fingerprint density at radius 2 is 1.92 bits per heavy atom. The predicted octanol–water partition coefficient (Wildman–Crippen LogP) is 7.05. The maximum atomic E-state index is 6.22. The molecule has 9 heteroatoms. The van der Waals surface area contributed by atoms with Crippen molar-refractivity contribution in [1.82, 2.24) is 19.7 Å². The summed E-state index contributed by atoms with van der Waals surface area (Å²) < 4.78 is 19.2. The maximum Gasteiger partial charge on any atom is 0.231 e. The van der Waals surface area contributed by atoms with Gasteiger partial charge in [0.2, 0.25) is 6.79 Å². The number of aromatic nitrogens is 4. The fourth-order valence-corrected chi connectivity index (χ4v) is 5.74. The number of thiazole rings is 1. The minimum absolute atomic E-state index is 0.100. The van der Waals surface area contributed by atoms with Crippen LogP contribution >= 0.6 is 23.1 Å². The molecule has 1 atom stereocenters. The molecule has 0 aliphatic carbocycles. The van der Waals surface area contributed by atoms with Crippen molar-refractivity contribution in [2.75, 3.05) is 6.79 Å². The zero-order valence-corrected chi connectivity index (χ0v) is 23.1. The van der Waals surface area contributed by atoms with Crippen LogP contribution in [0.4, 0.5) is 0 Å². The number of nitrogens with zero attached hydrogens (tertiary/aromatic N) is 4. The molecule has 37 heavy (non-hydrogen) atoms. The van der Waals surface area contributed by atoms with Crippen molar-refractivity contribution in [3.05, 3.63) is 77.6 Å². The lowest BCUT2D eigenvalue weighted by molar-refractivity contribution is 0.174. The number of hydrogen-bond donors (Lipinski definition) is 0. The van der Waals surface area contributed by atoms with Crippen molar-refractivity contribution < 1.29 is 14.2 Å². The Hall–Kier alpha value is -3.30. The van der Waals surface area contributed by atoms with Gasteiger partial charge in [-0.05, 0) is 48.2 Å². The van der Waals surface area contributed by atoms with Crippen molar-refractivity contribution in [3.63, 3.8) is 0 Å². The van der Waals surface area contributed by atoms with E-state index in [0.717, 1.165) is 44.5 Å². The third kappa shape index (κ3) is 5.67. The van der Waals surface area contributed by atoms with Crippen molar-refractivity contribution in [2.24, 2.45) is 0 Å². The molecular formula is C28H30N4O3S2. The molecule has 0 saturated carbocycles. The summed E-state index contributed by atoms with van der Waals surface area (Å²) in [5, 5.41) is 12.8. The molecule has 0 fully saturated rings. The molecule has 0 saturated heterocycles. The molecule has 1 unspecified atom stereocenters. The van der Waals surface area contributed by atoms with Crippen LogP contribution in [-0.4, -0.2) is 26.5 Å². The van der Waals surface area contributed by atoms with Crippen LogP contribution in [0.2, 0.25) is 0 Å². The van der Waals surface area contributed by atoms with Gasteiger partial charge < -0.3 is 14.2 Å². The molecule has 0 N–H and O–H groups in total. The molecule has 0 radical (unpaired) electrons. The van der Waals surface area contributed by atoms with Gasteiger partial charge in [-0.25, -0.2) is 4.98 Å². The highest BCUT2D eigenvalue weighted by Gasteiger charge is 2.21. The minimum Gasteiger partial charge on any atom is -0.483 e. The van der Waals surface area contributed by atoms with Gasteiger partial charge in [-0.15, -0.1) is 28.1 Å². The fraction of sp³-hybridized carbons (Fsp3) is 0.321. The molecule has 0 bridgehead atoms. The largest absolute Gasteiger partial charge is 0.483 e. The summed E-state index contributed by atoms with van der Waals surface area (Å²) in [6.45, 7) is 13.4. The second-order valence-electron chi connectivity index (χ2n) is 9.78. The molecule has 2 aromatic carbocycles. The normalized spacial score (nSPS) is 13.5. The molecule has 3 heterocycles. The molecule has 1 aliphatic rings. The highest BCUT2D eigenvalue weighted by Crippen LogP contribution is 2.37. The summed E-state index contributed by atoms with van der Waals surface area (Å²) in [4.78, 5) is 4.82. The summed E-state index contributed by atoms with van der Waals surface area (Å²) in [5.74, 6) is 3.78. The summed E-state index contributed by atoms with van der Waals surface area (Å²) in [6.07, 6.45) is 1.58. The van der Waals surface area contributed by atoms with Gasteiger partial charge in [-0.3, -0.25) is 4.57 Å². The van der Waals surface area contributed by atoms with Crippen molar-refractivity contribution in [2.45, 2.75) is 56.7 Å². The monoisotopic (exact) mass is 534 g/mol. The van der Waals surface area contributed by atoms with E-state index in [2.05, 4.69) is 59.6 Å². The molecule has 0 spiro atoms. The van der Waals surface area contributed by atoms with Crippen LogP contribution < -0.4 is 14.2 Å². The van der Waals surface area contributed by atoms with Crippen LogP contribution in [0.5, 0.6) is 17.2 Å². The molecule has 5 rings (SSSR count). The third-order valence-electron chi connectivity index (χ3n) is 5.97. The fourth-order valence-electron chi connectivity index (χ4n) is 3.97. The lowest BCUT2D eigenvalue weighted by atomic mass is 9.87. The van der Waals surface area contributed by atoms with Gasteiger partial charge in [0, 0.05) is 23.2 Å². The first-order valence-electron chi connectivity index (χ1n) is 12.1. The first-order chi connectivity index (χ1) is 17.8. The summed E-state index contributed by atoms with van der Waals surface area (Å²) >= 11 is 3.21. The third-order valence-corrected chi connectivity index (χ3v) is 7.91. The van der Waals surface area contributed by atoms with Gasteiger partial charge in [-0.1, -0.05) is 50.7 Å². The zero-order chi connectivity index (χ0) is 26.0. The van der Waals surface area contributed by atoms with E-state index in [1.165, 1.54) is 5.56 Å².